The molecule has 2 aromatic heterocycles. The second kappa shape index (κ2) is 7.38. The molecular formula is C20H26N4O2S. The zero-order valence-corrected chi connectivity index (χ0v) is 17.3. The number of pyridine rings is 1. The summed E-state index contributed by atoms with van der Waals surface area (Å²) in [5, 5.41) is 3.42. The van der Waals surface area contributed by atoms with Crippen LogP contribution >= 0.6 is 11.3 Å². The Balaban J connectivity index is 1.81. The molecule has 0 unspecified atom stereocenters. The van der Waals surface area contributed by atoms with Crippen LogP contribution in [0, 0.1) is 6.92 Å². The molecule has 1 aliphatic heterocycles. The number of rotatable bonds is 3. The lowest BCUT2D eigenvalue weighted by atomic mass is 9.90. The molecule has 144 valence electrons. The molecule has 0 radical (unpaired) electrons. The molecule has 6 nitrogen and oxygen atoms in total. The average molecular weight is 388 g/mol. The zero-order valence-electron chi connectivity index (χ0n) is 16.5. The van der Waals surface area contributed by atoms with Gasteiger partial charge in [0.1, 0.15) is 0 Å². The van der Waals surface area contributed by atoms with E-state index in [9.17, 15) is 9.59 Å². The van der Waals surface area contributed by atoms with Crippen molar-refractivity contribution in [2.75, 3.05) is 11.9 Å². The van der Waals surface area contributed by atoms with E-state index in [4.69, 9.17) is 0 Å². The second-order valence-corrected chi connectivity index (χ2v) is 9.00. The number of aromatic nitrogens is 2. The highest BCUT2D eigenvalue weighted by Crippen LogP contribution is 2.34. The minimum Gasteiger partial charge on any atom is -0.314 e. The molecule has 1 N–H and O–H groups in total. The number of thiazole rings is 1. The van der Waals surface area contributed by atoms with E-state index in [2.05, 4.69) is 42.1 Å². The van der Waals surface area contributed by atoms with Crippen molar-refractivity contribution >= 4 is 28.3 Å². The van der Waals surface area contributed by atoms with Crippen LogP contribution in [0.2, 0.25) is 0 Å². The van der Waals surface area contributed by atoms with E-state index < -0.39 is 0 Å². The van der Waals surface area contributed by atoms with Gasteiger partial charge < -0.3 is 4.90 Å². The largest absolute Gasteiger partial charge is 0.324 e. The molecule has 3 heterocycles. The van der Waals surface area contributed by atoms with Crippen LogP contribution in [0.4, 0.5) is 9.93 Å². The molecule has 3 rings (SSSR count). The van der Waals surface area contributed by atoms with Crippen LogP contribution in [0.5, 0.6) is 0 Å². The third-order valence-electron chi connectivity index (χ3n) is 4.78. The van der Waals surface area contributed by atoms with Crippen molar-refractivity contribution in [3.05, 3.63) is 29.7 Å². The lowest BCUT2D eigenvalue weighted by molar-refractivity contribution is -0.120. The number of aryl methyl sites for hydroxylation is 1. The van der Waals surface area contributed by atoms with E-state index in [0.717, 1.165) is 34.7 Å². The van der Waals surface area contributed by atoms with Gasteiger partial charge in [-0.25, -0.2) is 9.78 Å². The van der Waals surface area contributed by atoms with E-state index in [1.165, 1.54) is 18.3 Å². The van der Waals surface area contributed by atoms with E-state index in [1.54, 1.807) is 4.90 Å². The number of amides is 2. The quantitative estimate of drug-likeness (QED) is 0.792. The molecular weight excluding hydrogens is 361 g/mol. The van der Waals surface area contributed by atoms with Gasteiger partial charge in [-0.15, -0.1) is 0 Å². The first kappa shape index (κ1) is 19.5. The number of anilines is 1. The summed E-state index contributed by atoms with van der Waals surface area (Å²) in [6.07, 6.45) is 3.40. The fourth-order valence-electron chi connectivity index (χ4n) is 3.30. The van der Waals surface area contributed by atoms with Crippen molar-refractivity contribution in [3.8, 4) is 10.4 Å². The number of nitrogens with zero attached hydrogens (tertiary/aromatic N) is 3. The molecule has 0 saturated carbocycles. The Labute approximate surface area is 164 Å². The van der Waals surface area contributed by atoms with Gasteiger partial charge in [-0.2, -0.15) is 0 Å². The van der Waals surface area contributed by atoms with E-state index in [1.807, 2.05) is 19.2 Å². The monoisotopic (exact) mass is 387 g/mol. The first-order valence-corrected chi connectivity index (χ1v) is 10.0. The molecule has 2 aromatic rings. The first-order valence-electron chi connectivity index (χ1n) is 9.19. The van der Waals surface area contributed by atoms with Crippen molar-refractivity contribution < 1.29 is 9.59 Å². The maximum atomic E-state index is 12.6. The van der Waals surface area contributed by atoms with Gasteiger partial charge in [0.05, 0.1) is 16.6 Å². The summed E-state index contributed by atoms with van der Waals surface area (Å²) in [4.78, 5) is 35.9. The highest BCUT2D eigenvalue weighted by Gasteiger charge is 2.32. The van der Waals surface area contributed by atoms with Gasteiger partial charge in [0, 0.05) is 23.9 Å². The number of carbonyl (C=O) groups is 2. The Kier molecular flexibility index (Phi) is 5.33. The summed E-state index contributed by atoms with van der Waals surface area (Å²) in [6, 6.07) is 3.48. The maximum absolute atomic E-state index is 12.6. The van der Waals surface area contributed by atoms with Crippen molar-refractivity contribution in [1.82, 2.24) is 14.9 Å². The fraction of sp³-hybridized carbons (Fsp3) is 0.500. The number of nitrogens with one attached hydrogen (secondary N) is 1. The van der Waals surface area contributed by atoms with Crippen molar-refractivity contribution in [2.45, 2.75) is 58.9 Å². The van der Waals surface area contributed by atoms with E-state index in [-0.39, 0.29) is 23.3 Å². The van der Waals surface area contributed by atoms with Gasteiger partial charge in [0.25, 0.3) is 0 Å². The standard InChI is InChI=1S/C20H26N4O2S/c1-12-17(14-8-9-21-16(11-14)20(3,4)5)27-18(22-12)23-19(26)24-10-6-7-15(24)13(2)25/h8-9,11,15H,6-7,10H2,1-5H3,(H,22,23,26)/t15-/m0/s1/i13+1. The van der Waals surface area contributed by atoms with E-state index >= 15 is 0 Å². The predicted octanol–water partition coefficient (Wildman–Crippen LogP) is 4.40. The molecule has 1 saturated heterocycles. The highest BCUT2D eigenvalue weighted by molar-refractivity contribution is 7.19. The van der Waals surface area contributed by atoms with E-state index in [0.29, 0.717) is 11.7 Å². The minimum atomic E-state index is -0.319. The molecule has 0 spiro atoms. The highest BCUT2D eigenvalue weighted by atomic mass is 32.1. The van der Waals surface area contributed by atoms with Crippen LogP contribution in [0.1, 0.15) is 51.9 Å². The summed E-state index contributed by atoms with van der Waals surface area (Å²) >= 11 is 1.45. The number of Topliss-reactive ketones (excluding diaryl/α,β-unsaturated/α-hetero) is 1. The summed E-state index contributed by atoms with van der Waals surface area (Å²) in [5.74, 6) is 0.0325. The third-order valence-corrected chi connectivity index (χ3v) is 5.91. The fourth-order valence-corrected chi connectivity index (χ4v) is 4.25. The van der Waals surface area contributed by atoms with Gasteiger partial charge >= 0.3 is 6.03 Å². The SMILES string of the molecule is Cc1nc(NC(=O)N2CCC[C@H]2[13C](C)=O)sc1-c1ccnc(C(C)(C)C)c1. The van der Waals surface area contributed by atoms with Gasteiger partial charge in [-0.3, -0.25) is 15.1 Å². The number of likely N-dealkylation sites (tertiary alicyclic amines) is 1. The van der Waals surface area contributed by atoms with Crippen LogP contribution in [-0.2, 0) is 10.2 Å². The van der Waals surface area contributed by atoms with Gasteiger partial charge in [0.2, 0.25) is 0 Å². The second-order valence-electron chi connectivity index (χ2n) is 8.01. The molecule has 0 aliphatic carbocycles. The summed E-state index contributed by atoms with van der Waals surface area (Å²) in [5.41, 5.74) is 2.89. The third kappa shape index (κ3) is 4.18. The van der Waals surface area contributed by atoms with Gasteiger partial charge in [-0.1, -0.05) is 32.1 Å². The zero-order chi connectivity index (χ0) is 19.8. The lowest BCUT2D eigenvalue weighted by Crippen LogP contribution is -2.42. The summed E-state index contributed by atoms with van der Waals surface area (Å²) in [6.45, 7) is 10.5. The molecule has 0 bridgehead atoms. The first-order chi connectivity index (χ1) is 12.7. The number of urea groups is 1. The normalized spacial score (nSPS) is 17.2. The number of hydrogen-bond acceptors (Lipinski definition) is 5. The molecule has 1 aliphatic rings. The van der Waals surface area contributed by atoms with Gasteiger partial charge in [-0.05, 0) is 44.4 Å². The van der Waals surface area contributed by atoms with Crippen LogP contribution in [0.3, 0.4) is 0 Å². The molecule has 27 heavy (non-hydrogen) atoms. The molecule has 1 fully saturated rings. The molecule has 7 heteroatoms. The maximum Gasteiger partial charge on any atom is 0.324 e. The van der Waals surface area contributed by atoms with Crippen LogP contribution in [-0.4, -0.2) is 39.3 Å². The topological polar surface area (TPSA) is 75.2 Å². The Bertz CT molecular complexity index is 869. The summed E-state index contributed by atoms with van der Waals surface area (Å²) in [7, 11) is 0. The van der Waals surface area contributed by atoms with Gasteiger partial charge in [0.15, 0.2) is 10.9 Å². The number of carbonyl (C=O) groups excluding carboxylic acids is 2. The Hall–Kier alpha value is -2.28. The lowest BCUT2D eigenvalue weighted by Gasteiger charge is -2.22. The molecule has 1 atom stereocenters. The Morgan fingerprint density at radius 2 is 2.07 bits per heavy atom. The number of ketones is 1. The van der Waals surface area contributed by atoms with Crippen LogP contribution in [0.15, 0.2) is 18.3 Å². The minimum absolute atomic E-state index is 0.0325. The average Bonchev–Trinajstić information content (AvgIpc) is 3.21. The predicted molar refractivity (Wildman–Crippen MR) is 108 cm³/mol. The van der Waals surface area contributed by atoms with Crippen LogP contribution in [0.25, 0.3) is 10.4 Å². The number of hydrogen-bond donors (Lipinski definition) is 1. The van der Waals surface area contributed by atoms with Crippen molar-refractivity contribution in [3.63, 3.8) is 0 Å². The molecule has 0 aromatic carbocycles. The van der Waals surface area contributed by atoms with Crippen LogP contribution < -0.4 is 5.32 Å². The Morgan fingerprint density at radius 1 is 1.33 bits per heavy atom. The van der Waals surface area contributed by atoms with Crippen molar-refractivity contribution in [2.24, 2.45) is 0 Å². The summed E-state index contributed by atoms with van der Waals surface area (Å²) < 4.78 is 0. The van der Waals surface area contributed by atoms with Crippen molar-refractivity contribution in [1.29, 1.82) is 0 Å². The molecule has 2 amide bonds. The smallest absolute Gasteiger partial charge is 0.314 e. The Morgan fingerprint density at radius 3 is 2.74 bits per heavy atom.